The molecule has 0 amide bonds. The van der Waals surface area contributed by atoms with Crippen molar-refractivity contribution < 1.29 is 0 Å². The van der Waals surface area contributed by atoms with Gasteiger partial charge in [-0.25, -0.2) is 0 Å². The summed E-state index contributed by atoms with van der Waals surface area (Å²) in [6.45, 7) is 7.26. The van der Waals surface area contributed by atoms with Crippen molar-refractivity contribution in [3.63, 3.8) is 0 Å². The molecule has 0 saturated carbocycles. The number of benzene rings is 1. The second-order valence-corrected chi connectivity index (χ2v) is 5.10. The van der Waals surface area contributed by atoms with E-state index in [1.165, 1.54) is 27.5 Å². The van der Waals surface area contributed by atoms with E-state index >= 15 is 0 Å². The SMILES string of the molecule is CCNC(c1cccc(CC)c1)c1snnc1C. The van der Waals surface area contributed by atoms with E-state index in [0.717, 1.165) is 18.7 Å². The van der Waals surface area contributed by atoms with Crippen LogP contribution in [0.15, 0.2) is 24.3 Å². The second-order valence-electron chi connectivity index (χ2n) is 4.31. The molecule has 3 nitrogen and oxygen atoms in total. The fourth-order valence-electron chi connectivity index (χ4n) is 2.06. The molecule has 0 aliphatic rings. The summed E-state index contributed by atoms with van der Waals surface area (Å²) < 4.78 is 4.04. The smallest absolute Gasteiger partial charge is 0.0776 e. The van der Waals surface area contributed by atoms with Crippen molar-refractivity contribution in [2.75, 3.05) is 6.54 Å². The zero-order valence-electron chi connectivity index (χ0n) is 11.1. The third kappa shape index (κ3) is 2.76. The minimum atomic E-state index is 0.210. The van der Waals surface area contributed by atoms with E-state index in [0.29, 0.717) is 0 Å². The van der Waals surface area contributed by atoms with Gasteiger partial charge < -0.3 is 5.32 Å². The lowest BCUT2D eigenvalue weighted by atomic mass is 10.0. The van der Waals surface area contributed by atoms with Gasteiger partial charge in [-0.3, -0.25) is 0 Å². The van der Waals surface area contributed by atoms with Gasteiger partial charge in [0.05, 0.1) is 16.6 Å². The minimum absolute atomic E-state index is 0.210. The molecule has 1 unspecified atom stereocenters. The van der Waals surface area contributed by atoms with E-state index in [1.54, 1.807) is 0 Å². The average molecular weight is 261 g/mol. The summed E-state index contributed by atoms with van der Waals surface area (Å²) in [6, 6.07) is 8.95. The lowest BCUT2D eigenvalue weighted by Crippen LogP contribution is -2.21. The van der Waals surface area contributed by atoms with Gasteiger partial charge in [0.25, 0.3) is 0 Å². The Morgan fingerprint density at radius 3 is 2.78 bits per heavy atom. The fraction of sp³-hybridized carbons (Fsp3) is 0.429. The van der Waals surface area contributed by atoms with E-state index in [-0.39, 0.29) is 6.04 Å². The van der Waals surface area contributed by atoms with E-state index < -0.39 is 0 Å². The molecule has 2 aromatic rings. The molecule has 2 rings (SSSR count). The van der Waals surface area contributed by atoms with Crippen LogP contribution in [0.3, 0.4) is 0 Å². The molecule has 0 spiro atoms. The number of aromatic nitrogens is 2. The Bertz CT molecular complexity index is 507. The highest BCUT2D eigenvalue weighted by molar-refractivity contribution is 7.05. The van der Waals surface area contributed by atoms with E-state index in [1.807, 2.05) is 6.92 Å². The van der Waals surface area contributed by atoms with Gasteiger partial charge in [0, 0.05) is 0 Å². The number of aryl methyl sites for hydroxylation is 2. The van der Waals surface area contributed by atoms with Crippen LogP contribution in [0.25, 0.3) is 0 Å². The molecule has 1 N–H and O–H groups in total. The van der Waals surface area contributed by atoms with Gasteiger partial charge in [-0.2, -0.15) is 0 Å². The Kier molecular flexibility index (Phi) is 4.44. The first kappa shape index (κ1) is 13.2. The monoisotopic (exact) mass is 261 g/mol. The predicted molar refractivity (Wildman–Crippen MR) is 76.0 cm³/mol. The summed E-state index contributed by atoms with van der Waals surface area (Å²) in [5.74, 6) is 0. The van der Waals surface area contributed by atoms with Gasteiger partial charge in [0.15, 0.2) is 0 Å². The second kappa shape index (κ2) is 6.07. The lowest BCUT2D eigenvalue weighted by Gasteiger charge is -2.17. The summed E-state index contributed by atoms with van der Waals surface area (Å²) in [5, 5.41) is 7.64. The first-order chi connectivity index (χ1) is 8.76. The van der Waals surface area contributed by atoms with Crippen molar-refractivity contribution in [1.29, 1.82) is 0 Å². The van der Waals surface area contributed by atoms with Crippen molar-refractivity contribution in [3.8, 4) is 0 Å². The maximum atomic E-state index is 4.12. The summed E-state index contributed by atoms with van der Waals surface area (Å²) >= 11 is 1.48. The maximum Gasteiger partial charge on any atom is 0.0776 e. The molecule has 0 bridgehead atoms. The molecule has 0 aliphatic heterocycles. The van der Waals surface area contributed by atoms with E-state index in [4.69, 9.17) is 0 Å². The maximum absolute atomic E-state index is 4.12. The van der Waals surface area contributed by atoms with Crippen LogP contribution in [0.1, 0.15) is 41.6 Å². The molecule has 1 aromatic carbocycles. The quantitative estimate of drug-likeness (QED) is 0.898. The summed E-state index contributed by atoms with van der Waals surface area (Å²) in [6.07, 6.45) is 1.06. The van der Waals surface area contributed by atoms with Crippen molar-refractivity contribution in [2.24, 2.45) is 0 Å². The van der Waals surface area contributed by atoms with E-state index in [9.17, 15) is 0 Å². The van der Waals surface area contributed by atoms with Crippen LogP contribution in [-0.4, -0.2) is 16.1 Å². The number of nitrogens with zero attached hydrogens (tertiary/aromatic N) is 2. The fourth-order valence-corrected chi connectivity index (χ4v) is 2.81. The third-order valence-electron chi connectivity index (χ3n) is 3.05. The molecule has 4 heteroatoms. The van der Waals surface area contributed by atoms with Gasteiger partial charge in [-0.05, 0) is 42.5 Å². The Morgan fingerprint density at radius 1 is 1.33 bits per heavy atom. The van der Waals surface area contributed by atoms with Crippen LogP contribution in [0.5, 0.6) is 0 Å². The van der Waals surface area contributed by atoms with Crippen LogP contribution >= 0.6 is 11.5 Å². The normalized spacial score (nSPS) is 12.6. The molecule has 1 heterocycles. The first-order valence-corrected chi connectivity index (χ1v) is 7.14. The summed E-state index contributed by atoms with van der Waals surface area (Å²) in [5.41, 5.74) is 3.68. The topological polar surface area (TPSA) is 37.8 Å². The molecule has 0 radical (unpaired) electrons. The third-order valence-corrected chi connectivity index (χ3v) is 3.94. The van der Waals surface area contributed by atoms with Gasteiger partial charge in [-0.1, -0.05) is 42.6 Å². The van der Waals surface area contributed by atoms with E-state index in [2.05, 4.69) is 53.0 Å². The van der Waals surface area contributed by atoms with Crippen LogP contribution in [0, 0.1) is 6.92 Å². The largest absolute Gasteiger partial charge is 0.306 e. The minimum Gasteiger partial charge on any atom is -0.306 e. The van der Waals surface area contributed by atoms with Crippen molar-refractivity contribution in [3.05, 3.63) is 46.0 Å². The Balaban J connectivity index is 2.38. The Morgan fingerprint density at radius 2 is 2.17 bits per heavy atom. The standard InChI is InChI=1S/C14H19N3S/c1-4-11-7-6-8-12(9-11)13(15-5-2)14-10(3)16-17-18-14/h6-9,13,15H,4-5H2,1-3H3. The van der Waals surface area contributed by atoms with Crippen molar-refractivity contribution in [2.45, 2.75) is 33.2 Å². The molecule has 1 atom stereocenters. The number of hydrogen-bond donors (Lipinski definition) is 1. The average Bonchev–Trinajstić information content (AvgIpc) is 2.82. The van der Waals surface area contributed by atoms with Crippen molar-refractivity contribution in [1.82, 2.24) is 14.9 Å². The Hall–Kier alpha value is -1.26. The molecule has 0 saturated heterocycles. The molecule has 0 fully saturated rings. The molecule has 96 valence electrons. The van der Waals surface area contributed by atoms with Gasteiger partial charge in [0.1, 0.15) is 0 Å². The van der Waals surface area contributed by atoms with Gasteiger partial charge in [-0.15, -0.1) is 5.10 Å². The lowest BCUT2D eigenvalue weighted by molar-refractivity contribution is 0.635. The van der Waals surface area contributed by atoms with Crippen molar-refractivity contribution >= 4 is 11.5 Å². The van der Waals surface area contributed by atoms with Crippen LogP contribution in [-0.2, 0) is 6.42 Å². The molecular weight excluding hydrogens is 242 g/mol. The van der Waals surface area contributed by atoms with Gasteiger partial charge >= 0.3 is 0 Å². The predicted octanol–water partition coefficient (Wildman–Crippen LogP) is 3.11. The highest BCUT2D eigenvalue weighted by Gasteiger charge is 2.18. The molecule has 18 heavy (non-hydrogen) atoms. The Labute approximate surface area is 112 Å². The number of nitrogens with one attached hydrogen (secondary N) is 1. The first-order valence-electron chi connectivity index (χ1n) is 6.37. The summed E-state index contributed by atoms with van der Waals surface area (Å²) in [7, 11) is 0. The zero-order valence-corrected chi connectivity index (χ0v) is 11.9. The highest BCUT2D eigenvalue weighted by Crippen LogP contribution is 2.27. The molecule has 1 aromatic heterocycles. The zero-order chi connectivity index (χ0) is 13.0. The molecule has 0 aliphatic carbocycles. The summed E-state index contributed by atoms with van der Waals surface area (Å²) in [4.78, 5) is 1.21. The van der Waals surface area contributed by atoms with Crippen LogP contribution in [0.4, 0.5) is 0 Å². The van der Waals surface area contributed by atoms with Crippen LogP contribution < -0.4 is 5.32 Å². The highest BCUT2D eigenvalue weighted by atomic mass is 32.1. The molecular formula is C14H19N3S. The van der Waals surface area contributed by atoms with Crippen LogP contribution in [0.2, 0.25) is 0 Å². The van der Waals surface area contributed by atoms with Gasteiger partial charge in [0.2, 0.25) is 0 Å². The number of rotatable bonds is 5. The number of hydrogen-bond acceptors (Lipinski definition) is 4.